The molecule has 1 fully saturated rings. The maximum absolute atomic E-state index is 2.98. The summed E-state index contributed by atoms with van der Waals surface area (Å²) in [7, 11) is 3.49. The Morgan fingerprint density at radius 2 is 2.50 bits per heavy atom. The van der Waals surface area contributed by atoms with E-state index in [1.54, 1.807) is 10.8 Å². The third-order valence-corrected chi connectivity index (χ3v) is 2.30. The summed E-state index contributed by atoms with van der Waals surface area (Å²) in [5, 5.41) is 0. The summed E-state index contributed by atoms with van der Waals surface area (Å²) in [5.41, 5.74) is 0. The molecule has 0 N–H and O–H groups in total. The second-order valence-corrected chi connectivity index (χ2v) is 3.16. The van der Waals surface area contributed by atoms with Crippen molar-refractivity contribution in [1.29, 1.82) is 0 Å². The molecule has 32 valence electrons. The molecule has 1 rings (SSSR count). The van der Waals surface area contributed by atoms with Crippen LogP contribution in [0.15, 0.2) is 0 Å². The first-order valence-electron chi connectivity index (χ1n) is 1.76. The zero-order chi connectivity index (χ0) is 4.24. The summed E-state index contributed by atoms with van der Waals surface area (Å²) < 4.78 is 0. The molecule has 4 radical (unpaired) electrons. The van der Waals surface area contributed by atoms with Crippen LogP contribution in [-0.2, 0) is 0 Å². The quantitative estimate of drug-likeness (QED) is 0.443. The summed E-state index contributed by atoms with van der Waals surface area (Å²) in [6.07, 6.45) is 4.06. The van der Waals surface area contributed by atoms with Gasteiger partial charge in [-0.25, -0.2) is 0 Å². The van der Waals surface area contributed by atoms with Crippen molar-refractivity contribution in [2.75, 3.05) is 5.75 Å². The summed E-state index contributed by atoms with van der Waals surface area (Å²) in [6.45, 7) is 0. The summed E-state index contributed by atoms with van der Waals surface area (Å²) in [6, 6.07) is 0. The summed E-state index contributed by atoms with van der Waals surface area (Å²) in [5.74, 6) is 4.12. The van der Waals surface area contributed by atoms with Crippen LogP contribution in [0.1, 0.15) is 6.42 Å². The SMILES string of the molecule is [C]1[C]SSCC1. The molecule has 0 aromatic carbocycles. The first kappa shape index (κ1) is 4.85. The minimum Gasteiger partial charge on any atom is -0.0934 e. The van der Waals surface area contributed by atoms with Gasteiger partial charge in [-0.1, -0.05) is 21.6 Å². The molecule has 6 heavy (non-hydrogen) atoms. The smallest absolute Gasteiger partial charge is 0.0682 e. The average molecular weight is 116 g/mol. The average Bonchev–Trinajstić information content (AvgIpc) is 1.72. The van der Waals surface area contributed by atoms with Gasteiger partial charge in [0.1, 0.15) is 0 Å². The van der Waals surface area contributed by atoms with Crippen LogP contribution in [0.3, 0.4) is 0 Å². The van der Waals surface area contributed by atoms with Crippen molar-refractivity contribution in [2.45, 2.75) is 6.42 Å². The van der Waals surface area contributed by atoms with Gasteiger partial charge in [0.05, 0.1) is 5.75 Å². The lowest BCUT2D eigenvalue weighted by Gasteiger charge is -2.02. The molecule has 1 heterocycles. The molecule has 0 amide bonds. The van der Waals surface area contributed by atoms with Crippen LogP contribution in [0.2, 0.25) is 0 Å². The summed E-state index contributed by atoms with van der Waals surface area (Å²) in [4.78, 5) is 0. The van der Waals surface area contributed by atoms with Crippen molar-refractivity contribution >= 4 is 21.6 Å². The zero-order valence-corrected chi connectivity index (χ0v) is 4.86. The molecule has 1 saturated heterocycles. The van der Waals surface area contributed by atoms with Gasteiger partial charge in [-0.05, 0) is 6.42 Å². The van der Waals surface area contributed by atoms with Gasteiger partial charge in [-0.3, -0.25) is 0 Å². The second-order valence-electron chi connectivity index (χ2n) is 0.934. The minimum absolute atomic E-state index is 1.08. The molecule has 0 atom stereocenters. The fourth-order valence-corrected chi connectivity index (χ4v) is 1.59. The standard InChI is InChI=1S/C4H4S2/c1-2-4-6-5-3-1/h1,3H2. The van der Waals surface area contributed by atoms with Crippen molar-refractivity contribution in [1.82, 2.24) is 0 Å². The maximum Gasteiger partial charge on any atom is 0.0682 e. The third-order valence-electron chi connectivity index (χ3n) is 0.483. The van der Waals surface area contributed by atoms with Crippen LogP contribution in [0.5, 0.6) is 0 Å². The van der Waals surface area contributed by atoms with Crippen LogP contribution in [-0.4, -0.2) is 5.75 Å². The highest BCUT2D eigenvalue weighted by Crippen LogP contribution is 2.31. The van der Waals surface area contributed by atoms with Gasteiger partial charge in [-0.2, -0.15) is 0 Å². The van der Waals surface area contributed by atoms with Gasteiger partial charge >= 0.3 is 0 Å². The van der Waals surface area contributed by atoms with E-state index in [1.165, 1.54) is 5.75 Å². The third kappa shape index (κ3) is 1.43. The Morgan fingerprint density at radius 3 is 2.67 bits per heavy atom. The van der Waals surface area contributed by atoms with Crippen LogP contribution < -0.4 is 0 Å². The molecular weight excluding hydrogens is 112 g/mol. The molecule has 0 aliphatic carbocycles. The predicted molar refractivity (Wildman–Crippen MR) is 31.2 cm³/mol. The van der Waals surface area contributed by atoms with Crippen LogP contribution >= 0.6 is 21.6 Å². The first-order valence-corrected chi connectivity index (χ1v) is 4.08. The minimum atomic E-state index is 1.08. The number of rotatable bonds is 0. The lowest BCUT2D eigenvalue weighted by molar-refractivity contribution is 1.16. The molecular formula is C4H4S2. The molecule has 0 aromatic rings. The highest BCUT2D eigenvalue weighted by Gasteiger charge is 1.98. The molecule has 0 spiro atoms. The van der Waals surface area contributed by atoms with Crippen LogP contribution in [0, 0.1) is 12.2 Å². The van der Waals surface area contributed by atoms with Crippen molar-refractivity contribution in [3.63, 3.8) is 0 Å². The second kappa shape index (κ2) is 2.80. The Hall–Kier alpha value is 0.700. The maximum atomic E-state index is 2.98. The first-order chi connectivity index (χ1) is 3.00. The lowest BCUT2D eigenvalue weighted by atomic mass is 10.4. The highest BCUT2D eigenvalue weighted by molar-refractivity contribution is 8.77. The Bertz CT molecular complexity index is 21.0. The topological polar surface area (TPSA) is 0 Å². The monoisotopic (exact) mass is 116 g/mol. The predicted octanol–water partition coefficient (Wildman–Crippen LogP) is 1.89. The Morgan fingerprint density at radius 1 is 1.50 bits per heavy atom. The van der Waals surface area contributed by atoms with Gasteiger partial charge in [0, 0.05) is 12.2 Å². The Kier molecular flexibility index (Phi) is 2.27. The molecule has 0 bridgehead atoms. The summed E-state index contributed by atoms with van der Waals surface area (Å²) >= 11 is 0. The van der Waals surface area contributed by atoms with E-state index in [0.29, 0.717) is 0 Å². The van der Waals surface area contributed by atoms with E-state index in [9.17, 15) is 0 Å². The fourth-order valence-electron chi connectivity index (χ4n) is 0.244. The molecule has 0 nitrogen and oxygen atoms in total. The van der Waals surface area contributed by atoms with E-state index in [2.05, 4.69) is 12.2 Å². The van der Waals surface area contributed by atoms with Gasteiger partial charge in [-0.15, -0.1) is 0 Å². The van der Waals surface area contributed by atoms with E-state index < -0.39 is 0 Å². The van der Waals surface area contributed by atoms with Crippen molar-refractivity contribution in [2.24, 2.45) is 0 Å². The van der Waals surface area contributed by atoms with Crippen molar-refractivity contribution in [3.8, 4) is 0 Å². The molecule has 0 aromatic heterocycles. The van der Waals surface area contributed by atoms with Gasteiger partial charge in [0.25, 0.3) is 0 Å². The van der Waals surface area contributed by atoms with Crippen LogP contribution in [0.25, 0.3) is 0 Å². The van der Waals surface area contributed by atoms with Crippen LogP contribution in [0.4, 0.5) is 0 Å². The number of hydrogen-bond acceptors (Lipinski definition) is 2. The molecule has 0 unspecified atom stereocenters. The van der Waals surface area contributed by atoms with E-state index in [-0.39, 0.29) is 0 Å². The fraction of sp³-hybridized carbons (Fsp3) is 0.500. The van der Waals surface area contributed by atoms with E-state index >= 15 is 0 Å². The van der Waals surface area contributed by atoms with Crippen molar-refractivity contribution in [3.05, 3.63) is 12.2 Å². The molecule has 0 saturated carbocycles. The zero-order valence-electron chi connectivity index (χ0n) is 3.23. The van der Waals surface area contributed by atoms with Gasteiger partial charge in [0.15, 0.2) is 0 Å². The Balaban J connectivity index is 2.00. The lowest BCUT2D eigenvalue weighted by Crippen LogP contribution is -1.82. The Labute approximate surface area is 46.5 Å². The number of hydrogen-bond donors (Lipinski definition) is 0. The van der Waals surface area contributed by atoms with E-state index in [0.717, 1.165) is 6.42 Å². The van der Waals surface area contributed by atoms with E-state index in [4.69, 9.17) is 0 Å². The highest BCUT2D eigenvalue weighted by atomic mass is 33.1. The molecule has 1 aliphatic heterocycles. The molecule has 2 heteroatoms. The van der Waals surface area contributed by atoms with Gasteiger partial charge < -0.3 is 0 Å². The van der Waals surface area contributed by atoms with E-state index in [1.807, 2.05) is 10.8 Å². The molecule has 1 aliphatic rings. The van der Waals surface area contributed by atoms with Gasteiger partial charge in [0.2, 0.25) is 0 Å². The largest absolute Gasteiger partial charge is 0.0934 e. The van der Waals surface area contributed by atoms with Crippen molar-refractivity contribution < 1.29 is 0 Å². The normalized spacial score (nSPS) is 24.0.